The molecule has 2 heterocycles. The number of hydrogen-bond donors (Lipinski definition) is 1. The van der Waals surface area contributed by atoms with Crippen LogP contribution in [-0.4, -0.2) is 23.9 Å². The zero-order valence-corrected chi connectivity index (χ0v) is 12.3. The predicted octanol–water partition coefficient (Wildman–Crippen LogP) is 2.62. The van der Waals surface area contributed by atoms with E-state index in [1.807, 2.05) is 11.4 Å². The van der Waals surface area contributed by atoms with E-state index in [2.05, 4.69) is 34.5 Å². The molecule has 0 spiro atoms. The fourth-order valence-corrected chi connectivity index (χ4v) is 3.31. The van der Waals surface area contributed by atoms with Crippen LogP contribution in [0.3, 0.4) is 0 Å². The molecule has 1 aromatic carbocycles. The molecule has 2 aromatic rings. The molecular formula is C16H15N3OS. The number of carbonyl (C=O) groups is 1. The van der Waals surface area contributed by atoms with Crippen molar-refractivity contribution >= 4 is 22.2 Å². The number of hydrogen-bond acceptors (Lipinski definition) is 4. The summed E-state index contributed by atoms with van der Waals surface area (Å²) in [7, 11) is 0. The second-order valence-corrected chi connectivity index (χ2v) is 5.97. The molecule has 4 nitrogen and oxygen atoms in total. The summed E-state index contributed by atoms with van der Waals surface area (Å²) in [6.45, 7) is 2.05. The first-order valence-electron chi connectivity index (χ1n) is 6.83. The summed E-state index contributed by atoms with van der Waals surface area (Å²) in [4.78, 5) is 14.2. The van der Waals surface area contributed by atoms with Crippen LogP contribution in [0.25, 0.3) is 0 Å². The van der Waals surface area contributed by atoms with Crippen molar-refractivity contribution in [3.8, 4) is 6.07 Å². The topological polar surface area (TPSA) is 56.1 Å². The number of anilines is 1. The van der Waals surface area contributed by atoms with Gasteiger partial charge in [-0.2, -0.15) is 5.26 Å². The lowest BCUT2D eigenvalue weighted by Gasteiger charge is -2.27. The van der Waals surface area contributed by atoms with Gasteiger partial charge in [0.2, 0.25) is 5.91 Å². The highest BCUT2D eigenvalue weighted by Gasteiger charge is 2.18. The SMILES string of the molecule is N#Cc1ccsc1NC(=O)CN1CCc2ccccc2C1. The molecule has 0 saturated heterocycles. The molecule has 21 heavy (non-hydrogen) atoms. The lowest BCUT2D eigenvalue weighted by molar-refractivity contribution is -0.117. The number of carbonyl (C=O) groups excluding carboxylic acids is 1. The highest BCUT2D eigenvalue weighted by molar-refractivity contribution is 7.14. The fraction of sp³-hybridized carbons (Fsp3) is 0.250. The Labute approximate surface area is 127 Å². The third-order valence-corrected chi connectivity index (χ3v) is 4.45. The molecule has 1 aromatic heterocycles. The summed E-state index contributed by atoms with van der Waals surface area (Å²) in [5.41, 5.74) is 3.20. The molecule has 5 heteroatoms. The minimum absolute atomic E-state index is 0.0617. The van der Waals surface area contributed by atoms with Gasteiger partial charge in [0.1, 0.15) is 11.1 Å². The first kappa shape index (κ1) is 13.8. The molecule has 3 rings (SSSR count). The van der Waals surface area contributed by atoms with Gasteiger partial charge in [-0.25, -0.2) is 0 Å². The van der Waals surface area contributed by atoms with Gasteiger partial charge in [0.15, 0.2) is 0 Å². The molecule has 0 unspecified atom stereocenters. The standard InChI is InChI=1S/C16H15N3OS/c17-9-13-6-8-21-16(13)18-15(20)11-19-7-5-12-3-1-2-4-14(12)10-19/h1-4,6,8H,5,7,10-11H2,(H,18,20). The Morgan fingerprint density at radius 2 is 2.14 bits per heavy atom. The Kier molecular flexibility index (Phi) is 4.00. The molecule has 0 radical (unpaired) electrons. The van der Waals surface area contributed by atoms with E-state index in [0.717, 1.165) is 19.5 Å². The highest BCUT2D eigenvalue weighted by atomic mass is 32.1. The Hall–Kier alpha value is -2.16. The summed E-state index contributed by atoms with van der Waals surface area (Å²) in [5, 5.41) is 14.2. The van der Waals surface area contributed by atoms with Gasteiger partial charge >= 0.3 is 0 Å². The number of nitriles is 1. The summed E-state index contributed by atoms with van der Waals surface area (Å²) in [6.07, 6.45) is 0.978. The van der Waals surface area contributed by atoms with E-state index < -0.39 is 0 Å². The lowest BCUT2D eigenvalue weighted by atomic mass is 10.00. The van der Waals surface area contributed by atoms with Gasteiger partial charge in [0, 0.05) is 13.1 Å². The van der Waals surface area contributed by atoms with Crippen molar-refractivity contribution in [1.29, 1.82) is 5.26 Å². The van der Waals surface area contributed by atoms with Crippen LogP contribution in [0.4, 0.5) is 5.00 Å². The molecule has 0 aliphatic carbocycles. The van der Waals surface area contributed by atoms with Gasteiger partial charge in [-0.05, 0) is 29.0 Å². The van der Waals surface area contributed by atoms with Crippen molar-refractivity contribution in [3.05, 3.63) is 52.4 Å². The number of amides is 1. The molecular weight excluding hydrogens is 282 g/mol. The quantitative estimate of drug-likeness (QED) is 0.947. The lowest BCUT2D eigenvalue weighted by Crippen LogP contribution is -2.37. The number of rotatable bonds is 3. The van der Waals surface area contributed by atoms with Crippen molar-refractivity contribution in [2.75, 3.05) is 18.4 Å². The van der Waals surface area contributed by atoms with E-state index in [-0.39, 0.29) is 5.91 Å². The second kappa shape index (κ2) is 6.08. The van der Waals surface area contributed by atoms with E-state index in [9.17, 15) is 4.79 Å². The van der Waals surface area contributed by atoms with Crippen molar-refractivity contribution in [3.63, 3.8) is 0 Å². The van der Waals surface area contributed by atoms with E-state index in [0.29, 0.717) is 17.1 Å². The molecule has 0 atom stereocenters. The average Bonchev–Trinajstić information content (AvgIpc) is 2.94. The monoisotopic (exact) mass is 297 g/mol. The molecule has 1 aliphatic rings. The molecule has 1 aliphatic heterocycles. The van der Waals surface area contributed by atoms with E-state index in [4.69, 9.17) is 5.26 Å². The van der Waals surface area contributed by atoms with Crippen molar-refractivity contribution in [1.82, 2.24) is 4.90 Å². The van der Waals surface area contributed by atoms with E-state index >= 15 is 0 Å². The maximum absolute atomic E-state index is 12.1. The van der Waals surface area contributed by atoms with Crippen molar-refractivity contribution < 1.29 is 4.79 Å². The number of thiophene rings is 1. The van der Waals surface area contributed by atoms with Crippen LogP contribution >= 0.6 is 11.3 Å². The molecule has 106 valence electrons. The smallest absolute Gasteiger partial charge is 0.239 e. The van der Waals surface area contributed by atoms with Crippen LogP contribution in [0.1, 0.15) is 16.7 Å². The Balaban J connectivity index is 1.61. The molecule has 0 bridgehead atoms. The minimum Gasteiger partial charge on any atom is -0.315 e. The number of nitrogens with one attached hydrogen (secondary N) is 1. The Morgan fingerprint density at radius 3 is 2.95 bits per heavy atom. The van der Waals surface area contributed by atoms with Crippen molar-refractivity contribution in [2.45, 2.75) is 13.0 Å². The second-order valence-electron chi connectivity index (χ2n) is 5.05. The maximum atomic E-state index is 12.1. The average molecular weight is 297 g/mol. The normalized spacial score (nSPS) is 14.2. The van der Waals surface area contributed by atoms with Gasteiger partial charge < -0.3 is 5.32 Å². The third-order valence-electron chi connectivity index (χ3n) is 3.62. The molecule has 0 fully saturated rings. The molecule has 1 N–H and O–H groups in total. The van der Waals surface area contributed by atoms with Gasteiger partial charge in [0.05, 0.1) is 12.1 Å². The zero-order chi connectivity index (χ0) is 14.7. The van der Waals surface area contributed by atoms with Gasteiger partial charge in [0.25, 0.3) is 0 Å². The van der Waals surface area contributed by atoms with Gasteiger partial charge in [-0.1, -0.05) is 24.3 Å². The number of fused-ring (bicyclic) bond motifs is 1. The summed E-state index contributed by atoms with van der Waals surface area (Å²) in [6, 6.07) is 12.2. The van der Waals surface area contributed by atoms with Crippen LogP contribution < -0.4 is 5.32 Å². The zero-order valence-electron chi connectivity index (χ0n) is 11.5. The minimum atomic E-state index is -0.0617. The molecule has 1 amide bonds. The van der Waals surface area contributed by atoms with Crippen LogP contribution in [-0.2, 0) is 17.8 Å². The molecule has 0 saturated carbocycles. The first-order valence-corrected chi connectivity index (χ1v) is 7.71. The van der Waals surface area contributed by atoms with Crippen molar-refractivity contribution in [2.24, 2.45) is 0 Å². The third kappa shape index (κ3) is 3.13. The first-order chi connectivity index (χ1) is 10.3. The summed E-state index contributed by atoms with van der Waals surface area (Å²) < 4.78 is 0. The summed E-state index contributed by atoms with van der Waals surface area (Å²) in [5.74, 6) is -0.0617. The largest absolute Gasteiger partial charge is 0.315 e. The van der Waals surface area contributed by atoms with E-state index in [1.165, 1.54) is 22.5 Å². The van der Waals surface area contributed by atoms with Crippen LogP contribution in [0, 0.1) is 11.3 Å². The van der Waals surface area contributed by atoms with E-state index in [1.54, 1.807) is 6.07 Å². The van der Waals surface area contributed by atoms with Crippen LogP contribution in [0.5, 0.6) is 0 Å². The summed E-state index contributed by atoms with van der Waals surface area (Å²) >= 11 is 1.38. The Bertz CT molecular complexity index is 702. The fourth-order valence-electron chi connectivity index (χ4n) is 2.55. The Morgan fingerprint density at radius 1 is 1.33 bits per heavy atom. The highest BCUT2D eigenvalue weighted by Crippen LogP contribution is 2.22. The predicted molar refractivity (Wildman–Crippen MR) is 83.1 cm³/mol. The van der Waals surface area contributed by atoms with Gasteiger partial charge in [-0.15, -0.1) is 11.3 Å². The van der Waals surface area contributed by atoms with Crippen LogP contribution in [0.2, 0.25) is 0 Å². The van der Waals surface area contributed by atoms with Crippen LogP contribution in [0.15, 0.2) is 35.7 Å². The van der Waals surface area contributed by atoms with Gasteiger partial charge in [-0.3, -0.25) is 9.69 Å². The number of nitrogens with zero attached hydrogens (tertiary/aromatic N) is 2. The number of benzene rings is 1. The maximum Gasteiger partial charge on any atom is 0.239 e.